The smallest absolute Gasteiger partial charge is 0.255 e. The molecule has 25 heavy (non-hydrogen) atoms. The van der Waals surface area contributed by atoms with Gasteiger partial charge in [0, 0.05) is 31.2 Å². The Morgan fingerprint density at radius 1 is 1.40 bits per heavy atom. The zero-order valence-corrected chi connectivity index (χ0v) is 13.9. The summed E-state index contributed by atoms with van der Waals surface area (Å²) < 4.78 is 19.7. The molecule has 1 aliphatic heterocycles. The van der Waals surface area contributed by atoms with E-state index < -0.39 is 5.82 Å². The van der Waals surface area contributed by atoms with Gasteiger partial charge in [-0.15, -0.1) is 0 Å². The molecule has 2 heterocycles. The molecule has 1 atom stereocenters. The number of morpholine rings is 1. The van der Waals surface area contributed by atoms with Gasteiger partial charge < -0.3 is 10.1 Å². The lowest BCUT2D eigenvalue weighted by atomic mass is 10.1. The van der Waals surface area contributed by atoms with Crippen LogP contribution in [0.1, 0.15) is 23.2 Å². The molecule has 0 spiro atoms. The molecule has 0 bridgehead atoms. The highest BCUT2D eigenvalue weighted by atomic mass is 19.1. The Morgan fingerprint density at radius 2 is 2.24 bits per heavy atom. The summed E-state index contributed by atoms with van der Waals surface area (Å²) in [5.74, 6) is -0.671. The molecule has 2 N–H and O–H groups in total. The van der Waals surface area contributed by atoms with Crippen LogP contribution in [-0.2, 0) is 4.74 Å². The summed E-state index contributed by atoms with van der Waals surface area (Å²) >= 11 is 0. The summed E-state index contributed by atoms with van der Waals surface area (Å²) in [4.78, 5) is 15.0. The normalized spacial score (nSPS) is 21.2. The van der Waals surface area contributed by atoms with E-state index in [9.17, 15) is 9.18 Å². The number of aromatic nitrogens is 2. The average molecular weight is 344 g/mol. The molecule has 1 amide bonds. The fourth-order valence-electron chi connectivity index (χ4n) is 3.27. The molecule has 1 aromatic heterocycles. The Kier molecular flexibility index (Phi) is 4.50. The molecule has 2 aromatic rings. The van der Waals surface area contributed by atoms with Gasteiger partial charge in [-0.05, 0) is 25.0 Å². The van der Waals surface area contributed by atoms with Crippen LogP contribution in [-0.4, -0.2) is 59.4 Å². The van der Waals surface area contributed by atoms with Gasteiger partial charge >= 0.3 is 0 Å². The van der Waals surface area contributed by atoms with Crippen molar-refractivity contribution in [2.75, 3.05) is 26.2 Å². The highest BCUT2D eigenvalue weighted by Gasteiger charge is 2.33. The maximum atomic E-state index is 14.0. The van der Waals surface area contributed by atoms with E-state index in [1.807, 2.05) is 0 Å². The maximum absolute atomic E-state index is 14.0. The third kappa shape index (κ3) is 3.57. The number of hydrogen-bond acceptors (Lipinski definition) is 4. The molecule has 4 rings (SSSR count). The monoisotopic (exact) mass is 344 g/mol. The largest absolute Gasteiger partial charge is 0.374 e. The predicted octanol–water partition coefficient (Wildman–Crippen LogP) is 1.81. The number of aromatic amines is 1. The molecule has 0 radical (unpaired) electrons. The Hall–Kier alpha value is -2.25. The van der Waals surface area contributed by atoms with Crippen molar-refractivity contribution in [3.05, 3.63) is 41.8 Å². The first-order valence-corrected chi connectivity index (χ1v) is 8.64. The van der Waals surface area contributed by atoms with Gasteiger partial charge in [0.05, 0.1) is 30.2 Å². The van der Waals surface area contributed by atoms with Crippen molar-refractivity contribution in [3.63, 3.8) is 0 Å². The third-order valence-electron chi connectivity index (χ3n) is 4.75. The number of benzene rings is 1. The van der Waals surface area contributed by atoms with Gasteiger partial charge in [-0.2, -0.15) is 5.10 Å². The van der Waals surface area contributed by atoms with E-state index in [2.05, 4.69) is 20.4 Å². The molecule has 2 fully saturated rings. The number of H-pyrrole nitrogens is 1. The molecule has 6 nitrogen and oxygen atoms in total. The highest BCUT2D eigenvalue weighted by molar-refractivity contribution is 5.99. The molecule has 1 unspecified atom stereocenters. The van der Waals surface area contributed by atoms with Crippen LogP contribution in [0.15, 0.2) is 30.5 Å². The van der Waals surface area contributed by atoms with E-state index in [4.69, 9.17) is 4.74 Å². The van der Waals surface area contributed by atoms with E-state index in [0.717, 1.165) is 13.1 Å². The second-order valence-electron chi connectivity index (χ2n) is 6.57. The van der Waals surface area contributed by atoms with Gasteiger partial charge in [-0.25, -0.2) is 4.39 Å². The number of rotatable bonds is 5. The lowest BCUT2D eigenvalue weighted by Crippen LogP contribution is -2.48. The number of amides is 1. The summed E-state index contributed by atoms with van der Waals surface area (Å²) in [7, 11) is 0. The SMILES string of the molecule is O=C(NCC1CN(C2CC2)CCO1)c1cn[nH]c1-c1ccccc1F. The second kappa shape index (κ2) is 6.93. The average Bonchev–Trinajstić information content (AvgIpc) is 3.38. The summed E-state index contributed by atoms with van der Waals surface area (Å²) in [6, 6.07) is 7.02. The fraction of sp³-hybridized carbons (Fsp3) is 0.444. The van der Waals surface area contributed by atoms with Crippen molar-refractivity contribution in [1.29, 1.82) is 0 Å². The minimum Gasteiger partial charge on any atom is -0.374 e. The Bertz CT molecular complexity index is 759. The molecule has 1 saturated carbocycles. The van der Waals surface area contributed by atoms with E-state index >= 15 is 0 Å². The highest BCUT2D eigenvalue weighted by Crippen LogP contribution is 2.28. The first kappa shape index (κ1) is 16.2. The summed E-state index contributed by atoms with van der Waals surface area (Å²) in [5.41, 5.74) is 1.05. The van der Waals surface area contributed by atoms with Gasteiger partial charge in [0.1, 0.15) is 5.82 Å². The molecular weight excluding hydrogens is 323 g/mol. The first-order chi connectivity index (χ1) is 12.2. The molecule has 1 saturated heterocycles. The van der Waals surface area contributed by atoms with Crippen LogP contribution in [0.4, 0.5) is 4.39 Å². The maximum Gasteiger partial charge on any atom is 0.255 e. The van der Waals surface area contributed by atoms with Crippen molar-refractivity contribution < 1.29 is 13.9 Å². The second-order valence-corrected chi connectivity index (χ2v) is 6.57. The topological polar surface area (TPSA) is 70.2 Å². The molecule has 1 aliphatic carbocycles. The van der Waals surface area contributed by atoms with Crippen molar-refractivity contribution in [1.82, 2.24) is 20.4 Å². The van der Waals surface area contributed by atoms with Crippen molar-refractivity contribution in [2.45, 2.75) is 25.0 Å². The van der Waals surface area contributed by atoms with Gasteiger partial charge in [0.15, 0.2) is 0 Å². The number of carbonyl (C=O) groups is 1. The van der Waals surface area contributed by atoms with Crippen molar-refractivity contribution in [3.8, 4) is 11.3 Å². The quantitative estimate of drug-likeness (QED) is 0.868. The minimum atomic E-state index is -0.392. The Morgan fingerprint density at radius 3 is 3.04 bits per heavy atom. The summed E-state index contributed by atoms with van der Waals surface area (Å²) in [5, 5.41) is 9.52. The zero-order chi connectivity index (χ0) is 17.2. The van der Waals surface area contributed by atoms with Crippen molar-refractivity contribution in [2.24, 2.45) is 0 Å². The number of nitrogens with zero attached hydrogens (tertiary/aromatic N) is 2. The Balaban J connectivity index is 1.40. The molecule has 132 valence electrons. The van der Waals surface area contributed by atoms with Gasteiger partial charge in [0.2, 0.25) is 0 Å². The van der Waals surface area contributed by atoms with Gasteiger partial charge in [-0.1, -0.05) is 12.1 Å². The summed E-state index contributed by atoms with van der Waals surface area (Å²) in [6.45, 7) is 2.94. The van der Waals surface area contributed by atoms with Crippen LogP contribution in [0.5, 0.6) is 0 Å². The first-order valence-electron chi connectivity index (χ1n) is 8.64. The third-order valence-corrected chi connectivity index (χ3v) is 4.75. The standard InChI is InChI=1S/C18H21FN4O2/c19-16-4-2-1-3-14(16)17-15(10-21-22-17)18(24)20-9-13-11-23(7-8-25-13)12-5-6-12/h1-4,10,12-13H,5-9,11H2,(H,20,24)(H,21,22). The number of halogens is 1. The number of ether oxygens (including phenoxy) is 1. The predicted molar refractivity (Wildman–Crippen MR) is 90.6 cm³/mol. The van der Waals surface area contributed by atoms with E-state index in [-0.39, 0.29) is 12.0 Å². The van der Waals surface area contributed by atoms with E-state index in [1.54, 1.807) is 18.2 Å². The lowest BCUT2D eigenvalue weighted by Gasteiger charge is -2.33. The van der Waals surface area contributed by atoms with E-state index in [1.165, 1.54) is 25.1 Å². The number of nitrogens with one attached hydrogen (secondary N) is 2. The van der Waals surface area contributed by atoms with Crippen LogP contribution in [0, 0.1) is 5.82 Å². The van der Waals surface area contributed by atoms with Crippen molar-refractivity contribution >= 4 is 5.91 Å². The van der Waals surface area contributed by atoms with Gasteiger partial charge in [-0.3, -0.25) is 14.8 Å². The van der Waals surface area contributed by atoms with Crippen LogP contribution in [0.3, 0.4) is 0 Å². The van der Waals surface area contributed by atoms with Crippen LogP contribution in [0.25, 0.3) is 11.3 Å². The van der Waals surface area contributed by atoms with Crippen LogP contribution >= 0.6 is 0 Å². The number of hydrogen-bond donors (Lipinski definition) is 2. The molecule has 1 aromatic carbocycles. The minimum absolute atomic E-state index is 0.0119. The zero-order valence-electron chi connectivity index (χ0n) is 13.9. The van der Waals surface area contributed by atoms with E-state index in [0.29, 0.717) is 36.0 Å². The fourth-order valence-corrected chi connectivity index (χ4v) is 3.27. The number of carbonyl (C=O) groups excluding carboxylic acids is 1. The lowest BCUT2D eigenvalue weighted by molar-refractivity contribution is -0.0293. The molecule has 7 heteroatoms. The van der Waals surface area contributed by atoms with Crippen LogP contribution < -0.4 is 5.32 Å². The van der Waals surface area contributed by atoms with Crippen LogP contribution in [0.2, 0.25) is 0 Å². The summed E-state index contributed by atoms with van der Waals surface area (Å²) in [6.07, 6.45) is 3.94. The van der Waals surface area contributed by atoms with Gasteiger partial charge in [0.25, 0.3) is 5.91 Å². The molecule has 2 aliphatic rings. The Labute approximate surface area is 145 Å². The molecular formula is C18H21FN4O2.